The van der Waals surface area contributed by atoms with Crippen LogP contribution >= 0.6 is 45.2 Å². The predicted molar refractivity (Wildman–Crippen MR) is 117 cm³/mol. The van der Waals surface area contributed by atoms with Gasteiger partial charge in [0, 0.05) is 26.4 Å². The van der Waals surface area contributed by atoms with Crippen LogP contribution < -0.4 is 9.47 Å². The van der Waals surface area contributed by atoms with E-state index in [9.17, 15) is 0 Å². The Bertz CT molecular complexity index is 719. The summed E-state index contributed by atoms with van der Waals surface area (Å²) < 4.78 is 13.3. The summed E-state index contributed by atoms with van der Waals surface area (Å²) >= 11 is 4.64. The molecule has 5 heteroatoms. The van der Waals surface area contributed by atoms with Gasteiger partial charge in [0.05, 0.1) is 17.3 Å². The van der Waals surface area contributed by atoms with Gasteiger partial charge in [-0.25, -0.2) is 6.07 Å². The van der Waals surface area contributed by atoms with Crippen molar-refractivity contribution in [2.45, 2.75) is 13.3 Å². The average Bonchev–Trinajstić information content (AvgIpc) is 3.29. The van der Waals surface area contributed by atoms with Crippen molar-refractivity contribution in [2.75, 3.05) is 13.7 Å². The van der Waals surface area contributed by atoms with Gasteiger partial charge in [0.25, 0.3) is 0 Å². The third-order valence-corrected chi connectivity index (χ3v) is 5.04. The molecule has 0 aliphatic carbocycles. The first-order valence-electron chi connectivity index (χ1n) is 7.75. The fourth-order valence-corrected chi connectivity index (χ4v) is 3.56. The molecule has 0 radical (unpaired) electrons. The molecule has 0 saturated heterocycles. The summed E-state index contributed by atoms with van der Waals surface area (Å²) in [6.07, 6.45) is 1.03. The maximum absolute atomic E-state index is 5.64. The van der Waals surface area contributed by atoms with Gasteiger partial charge in [-0.2, -0.15) is 5.56 Å². The van der Waals surface area contributed by atoms with Crippen LogP contribution in [-0.2, 0) is 17.1 Å². The summed E-state index contributed by atoms with van der Waals surface area (Å²) in [6.45, 7) is 2.87. The second kappa shape index (κ2) is 12.0. The van der Waals surface area contributed by atoms with E-state index < -0.39 is 0 Å². The van der Waals surface area contributed by atoms with Crippen LogP contribution in [0.5, 0.6) is 11.5 Å². The Hall–Kier alpha value is -0.501. The van der Waals surface area contributed by atoms with E-state index >= 15 is 0 Å². The summed E-state index contributed by atoms with van der Waals surface area (Å²) in [6, 6.07) is 20.4. The normalized spacial score (nSPS) is 9.60. The van der Waals surface area contributed by atoms with E-state index in [-0.39, 0.29) is 17.1 Å². The van der Waals surface area contributed by atoms with Crippen molar-refractivity contribution in [2.24, 2.45) is 0 Å². The van der Waals surface area contributed by atoms with Gasteiger partial charge < -0.3 is 39.8 Å². The summed E-state index contributed by atoms with van der Waals surface area (Å²) in [4.78, 5) is 0. The van der Waals surface area contributed by atoms with Crippen molar-refractivity contribution in [3.8, 4) is 22.6 Å². The van der Waals surface area contributed by atoms with Gasteiger partial charge in [-0.3, -0.25) is 0 Å². The summed E-state index contributed by atoms with van der Waals surface area (Å²) in [7, 11) is 1.70. The van der Waals surface area contributed by atoms with Crippen LogP contribution in [0.2, 0.25) is 0 Å². The van der Waals surface area contributed by atoms with Crippen molar-refractivity contribution >= 4 is 45.2 Å². The molecule has 3 rings (SSSR count). The van der Waals surface area contributed by atoms with E-state index in [4.69, 9.17) is 9.47 Å². The fourth-order valence-electron chi connectivity index (χ4n) is 2.13. The Balaban J connectivity index is 0.000000448. The number of halogens is 2. The van der Waals surface area contributed by atoms with Crippen molar-refractivity contribution in [3.63, 3.8) is 0 Å². The molecule has 0 bridgehead atoms. The Morgan fingerprint density at radius 2 is 1.68 bits per heavy atom. The molecule has 0 amide bonds. The van der Waals surface area contributed by atoms with Crippen LogP contribution in [0.1, 0.15) is 13.3 Å². The Morgan fingerprint density at radius 3 is 2.24 bits per heavy atom. The molecule has 0 heterocycles. The molecule has 0 aromatic heterocycles. The van der Waals surface area contributed by atoms with E-state index in [1.807, 2.05) is 36.4 Å². The molecule has 0 aliphatic heterocycles. The Labute approximate surface area is 187 Å². The van der Waals surface area contributed by atoms with Gasteiger partial charge in [-0.1, -0.05) is 12.5 Å². The Morgan fingerprint density at radius 1 is 1.04 bits per heavy atom. The average molecular weight is 602 g/mol. The first-order valence-corrected chi connectivity index (χ1v) is 9.91. The topological polar surface area (TPSA) is 18.5 Å². The minimum atomic E-state index is 0. The maximum Gasteiger partial charge on any atom is 0.133 e. The number of hydrogen-bond acceptors (Lipinski definition) is 2. The van der Waals surface area contributed by atoms with E-state index in [1.54, 1.807) is 7.11 Å². The van der Waals surface area contributed by atoms with Gasteiger partial charge in [0.15, 0.2) is 0 Å². The van der Waals surface area contributed by atoms with Gasteiger partial charge in [-0.05, 0) is 63.7 Å². The molecule has 2 nitrogen and oxygen atoms in total. The number of ether oxygens (including phenoxy) is 2. The van der Waals surface area contributed by atoms with Crippen LogP contribution in [0.4, 0.5) is 0 Å². The minimum absolute atomic E-state index is 0. The molecular weight excluding hydrogens is 582 g/mol. The number of rotatable bonds is 5. The van der Waals surface area contributed by atoms with Crippen molar-refractivity contribution in [1.82, 2.24) is 0 Å². The maximum atomic E-state index is 5.64. The summed E-state index contributed by atoms with van der Waals surface area (Å²) in [5, 5.41) is 0. The van der Waals surface area contributed by atoms with Crippen LogP contribution in [0.25, 0.3) is 11.1 Å². The third-order valence-electron chi connectivity index (χ3n) is 3.31. The SMILES string of the molecule is CCCO[c-]1ccc(-c2cc(I)c(OC)cc2I)c1.[Fe].[cH-]1[cH-][cH-][cH-][cH-]1. The molecule has 25 heavy (non-hydrogen) atoms. The van der Waals surface area contributed by atoms with Crippen LogP contribution in [0, 0.1) is 7.14 Å². The minimum Gasteiger partial charge on any atom is -0.748 e. The molecule has 0 unspecified atom stereocenters. The van der Waals surface area contributed by atoms with Crippen LogP contribution in [-0.4, -0.2) is 13.7 Å². The molecule has 140 valence electrons. The molecule has 0 saturated carbocycles. The molecule has 0 atom stereocenters. The largest absolute Gasteiger partial charge is 0.748 e. The van der Waals surface area contributed by atoms with E-state index in [1.165, 1.54) is 14.7 Å². The van der Waals surface area contributed by atoms with E-state index in [0.29, 0.717) is 0 Å². The fraction of sp³-hybridized carbons (Fsp3) is 0.200. The quantitative estimate of drug-likeness (QED) is 0.189. The first-order chi connectivity index (χ1) is 11.7. The second-order valence-corrected chi connectivity index (χ2v) is 7.44. The van der Waals surface area contributed by atoms with E-state index in [0.717, 1.165) is 28.1 Å². The van der Waals surface area contributed by atoms with Gasteiger partial charge in [-0.15, -0.1) is 12.1 Å². The van der Waals surface area contributed by atoms with Gasteiger partial charge in [0.2, 0.25) is 0 Å². The molecule has 0 aliphatic rings. The van der Waals surface area contributed by atoms with Gasteiger partial charge in [0.1, 0.15) is 5.75 Å². The summed E-state index contributed by atoms with van der Waals surface area (Å²) in [5.74, 6) is 1.86. The first kappa shape index (κ1) is 22.5. The second-order valence-electron chi connectivity index (χ2n) is 5.11. The van der Waals surface area contributed by atoms with Gasteiger partial charge >= 0.3 is 0 Å². The Kier molecular flexibility index (Phi) is 10.8. The number of benzene rings is 1. The van der Waals surface area contributed by atoms with Crippen molar-refractivity contribution < 1.29 is 26.5 Å². The number of methoxy groups -OCH3 is 1. The van der Waals surface area contributed by atoms with Crippen molar-refractivity contribution in [1.29, 1.82) is 0 Å². The molecular formula is C20H20FeI2O2-6. The zero-order valence-electron chi connectivity index (χ0n) is 14.1. The molecule has 0 spiro atoms. The molecule has 3 aromatic carbocycles. The van der Waals surface area contributed by atoms with E-state index in [2.05, 4.69) is 76.4 Å². The zero-order chi connectivity index (χ0) is 17.4. The summed E-state index contributed by atoms with van der Waals surface area (Å²) in [5.41, 5.74) is 2.41. The number of hydrogen-bond donors (Lipinski definition) is 0. The van der Waals surface area contributed by atoms with Crippen LogP contribution in [0.15, 0.2) is 60.7 Å². The van der Waals surface area contributed by atoms with Crippen LogP contribution in [0.3, 0.4) is 0 Å². The molecule has 0 N–H and O–H groups in total. The molecule has 3 aromatic rings. The standard InChI is InChI=1S/C15H15I2O2.C5H5.Fe/c1-3-6-19-11-5-4-10(7-11)12-8-14(17)15(18-2)9-13(12)16;1-2-4-5-3-1;/h4-5,7-9H,3,6H2,1-2H3;1-5H;/q-1;-5;. The smallest absolute Gasteiger partial charge is 0.133 e. The zero-order valence-corrected chi connectivity index (χ0v) is 19.5. The molecule has 0 fully saturated rings. The monoisotopic (exact) mass is 602 g/mol. The third kappa shape index (κ3) is 6.96. The predicted octanol–water partition coefficient (Wildman–Crippen LogP) is 6.48. The van der Waals surface area contributed by atoms with Crippen molar-refractivity contribution in [3.05, 3.63) is 67.8 Å².